The van der Waals surface area contributed by atoms with Crippen molar-refractivity contribution in [2.24, 2.45) is 0 Å². The molecule has 4 nitrogen and oxygen atoms in total. The third-order valence-corrected chi connectivity index (χ3v) is 3.62. The molecule has 0 aliphatic carbocycles. The van der Waals surface area contributed by atoms with Crippen molar-refractivity contribution < 1.29 is 4.79 Å². The standard InChI is InChI=1S/C15H23N3O/c1-11-5-4-6-12(2)15(11)17-9-14(19)18-8-7-16-13(3)10-18/h4-6,13,16-17H,7-10H2,1-3H3. The van der Waals surface area contributed by atoms with Gasteiger partial charge in [0.1, 0.15) is 0 Å². The highest BCUT2D eigenvalue weighted by Gasteiger charge is 2.20. The maximum Gasteiger partial charge on any atom is 0.241 e. The summed E-state index contributed by atoms with van der Waals surface area (Å²) in [6.45, 7) is 9.09. The predicted octanol–water partition coefficient (Wildman–Crippen LogP) is 1.54. The number of anilines is 1. The van der Waals surface area contributed by atoms with Gasteiger partial charge in [0.15, 0.2) is 0 Å². The summed E-state index contributed by atoms with van der Waals surface area (Å²) in [5, 5.41) is 6.63. The van der Waals surface area contributed by atoms with Crippen LogP contribution in [0.4, 0.5) is 5.69 Å². The zero-order valence-corrected chi connectivity index (χ0v) is 12.0. The molecule has 19 heavy (non-hydrogen) atoms. The van der Waals surface area contributed by atoms with Gasteiger partial charge in [0.25, 0.3) is 0 Å². The van der Waals surface area contributed by atoms with Crippen LogP contribution < -0.4 is 10.6 Å². The number of rotatable bonds is 3. The van der Waals surface area contributed by atoms with E-state index >= 15 is 0 Å². The van der Waals surface area contributed by atoms with E-state index in [1.807, 2.05) is 11.0 Å². The molecule has 1 saturated heterocycles. The van der Waals surface area contributed by atoms with Gasteiger partial charge in [0.2, 0.25) is 5.91 Å². The fourth-order valence-corrected chi connectivity index (χ4v) is 2.53. The van der Waals surface area contributed by atoms with Crippen LogP contribution in [0.3, 0.4) is 0 Å². The Morgan fingerprint density at radius 2 is 2.11 bits per heavy atom. The molecule has 1 heterocycles. The van der Waals surface area contributed by atoms with E-state index in [9.17, 15) is 4.79 Å². The summed E-state index contributed by atoms with van der Waals surface area (Å²) in [7, 11) is 0. The summed E-state index contributed by atoms with van der Waals surface area (Å²) in [5.41, 5.74) is 3.45. The molecule has 1 aromatic rings. The van der Waals surface area contributed by atoms with E-state index in [-0.39, 0.29) is 5.91 Å². The Balaban J connectivity index is 1.93. The molecule has 4 heteroatoms. The molecule has 0 aromatic heterocycles. The molecule has 1 aliphatic rings. The van der Waals surface area contributed by atoms with Crippen molar-refractivity contribution in [1.29, 1.82) is 0 Å². The molecule has 1 atom stereocenters. The summed E-state index contributed by atoms with van der Waals surface area (Å²) in [6.07, 6.45) is 0. The number of carbonyl (C=O) groups is 1. The van der Waals surface area contributed by atoms with Crippen molar-refractivity contribution in [2.75, 3.05) is 31.5 Å². The second-order valence-electron chi connectivity index (χ2n) is 5.32. The van der Waals surface area contributed by atoms with Crippen LogP contribution >= 0.6 is 0 Å². The Kier molecular flexibility index (Phi) is 4.43. The molecule has 104 valence electrons. The second-order valence-corrected chi connectivity index (χ2v) is 5.32. The van der Waals surface area contributed by atoms with Crippen molar-refractivity contribution in [2.45, 2.75) is 26.8 Å². The topological polar surface area (TPSA) is 44.4 Å². The largest absolute Gasteiger partial charge is 0.376 e. The zero-order valence-electron chi connectivity index (χ0n) is 12.0. The lowest BCUT2D eigenvalue weighted by molar-refractivity contribution is -0.130. The van der Waals surface area contributed by atoms with Crippen LogP contribution in [0.1, 0.15) is 18.1 Å². The lowest BCUT2D eigenvalue weighted by atomic mass is 10.1. The number of hydrogen-bond donors (Lipinski definition) is 2. The van der Waals surface area contributed by atoms with Crippen LogP contribution in [0.5, 0.6) is 0 Å². The zero-order chi connectivity index (χ0) is 13.8. The molecule has 1 fully saturated rings. The lowest BCUT2D eigenvalue weighted by Gasteiger charge is -2.32. The Morgan fingerprint density at radius 1 is 1.42 bits per heavy atom. The smallest absolute Gasteiger partial charge is 0.241 e. The molecule has 1 unspecified atom stereocenters. The van der Waals surface area contributed by atoms with E-state index < -0.39 is 0 Å². The van der Waals surface area contributed by atoms with Crippen molar-refractivity contribution in [3.63, 3.8) is 0 Å². The number of hydrogen-bond acceptors (Lipinski definition) is 3. The van der Waals surface area contributed by atoms with Crippen molar-refractivity contribution in [3.05, 3.63) is 29.3 Å². The van der Waals surface area contributed by atoms with Crippen molar-refractivity contribution in [3.8, 4) is 0 Å². The van der Waals surface area contributed by atoms with E-state index in [1.165, 1.54) is 11.1 Å². The van der Waals surface area contributed by atoms with Crippen LogP contribution in [0.2, 0.25) is 0 Å². The van der Waals surface area contributed by atoms with Gasteiger partial charge in [-0.25, -0.2) is 0 Å². The summed E-state index contributed by atoms with van der Waals surface area (Å²) in [4.78, 5) is 14.1. The van der Waals surface area contributed by atoms with Crippen LogP contribution in [-0.4, -0.2) is 43.0 Å². The quantitative estimate of drug-likeness (QED) is 0.867. The molecule has 2 rings (SSSR count). The van der Waals surface area contributed by atoms with Crippen LogP contribution in [-0.2, 0) is 4.79 Å². The number of nitrogens with zero attached hydrogens (tertiary/aromatic N) is 1. The van der Waals surface area contributed by atoms with Crippen LogP contribution in [0.25, 0.3) is 0 Å². The molecule has 0 bridgehead atoms. The van der Waals surface area contributed by atoms with Gasteiger partial charge >= 0.3 is 0 Å². The van der Waals surface area contributed by atoms with Crippen molar-refractivity contribution >= 4 is 11.6 Å². The molecule has 1 amide bonds. The Labute approximate surface area is 115 Å². The summed E-state index contributed by atoms with van der Waals surface area (Å²) >= 11 is 0. The fourth-order valence-electron chi connectivity index (χ4n) is 2.53. The number of aryl methyl sites for hydroxylation is 2. The van der Waals surface area contributed by atoms with Gasteiger partial charge in [0, 0.05) is 31.4 Å². The first kappa shape index (κ1) is 13.9. The predicted molar refractivity (Wildman–Crippen MR) is 78.5 cm³/mol. The first-order chi connectivity index (χ1) is 9.08. The minimum absolute atomic E-state index is 0.177. The normalized spacial score (nSPS) is 19.3. The molecule has 1 aromatic carbocycles. The second kappa shape index (κ2) is 6.06. The van der Waals surface area contributed by atoms with Crippen LogP contribution in [0, 0.1) is 13.8 Å². The number of benzene rings is 1. The minimum Gasteiger partial charge on any atom is -0.376 e. The lowest BCUT2D eigenvalue weighted by Crippen LogP contribution is -2.52. The SMILES string of the molecule is Cc1cccc(C)c1NCC(=O)N1CCNC(C)C1. The molecule has 2 N–H and O–H groups in total. The number of amides is 1. The monoisotopic (exact) mass is 261 g/mol. The molecule has 1 aliphatic heterocycles. The average Bonchev–Trinajstić information content (AvgIpc) is 2.38. The van der Waals surface area contributed by atoms with Gasteiger partial charge < -0.3 is 15.5 Å². The van der Waals surface area contributed by atoms with Gasteiger partial charge in [-0.3, -0.25) is 4.79 Å². The number of carbonyl (C=O) groups excluding carboxylic acids is 1. The number of piperazine rings is 1. The van der Waals surface area contributed by atoms with Gasteiger partial charge in [-0.1, -0.05) is 18.2 Å². The number of nitrogens with one attached hydrogen (secondary N) is 2. The molecule has 0 saturated carbocycles. The van der Waals surface area contributed by atoms with E-state index in [0.717, 1.165) is 25.3 Å². The van der Waals surface area contributed by atoms with Gasteiger partial charge in [0.05, 0.1) is 6.54 Å². The van der Waals surface area contributed by atoms with Gasteiger partial charge in [-0.2, -0.15) is 0 Å². The summed E-state index contributed by atoms with van der Waals surface area (Å²) in [6, 6.07) is 6.55. The highest BCUT2D eigenvalue weighted by Crippen LogP contribution is 2.19. The first-order valence-electron chi connectivity index (χ1n) is 6.89. The molecular formula is C15H23N3O. The van der Waals surface area contributed by atoms with Gasteiger partial charge in [-0.15, -0.1) is 0 Å². The van der Waals surface area contributed by atoms with E-state index in [2.05, 4.69) is 43.5 Å². The maximum absolute atomic E-state index is 12.2. The minimum atomic E-state index is 0.177. The summed E-state index contributed by atoms with van der Waals surface area (Å²) < 4.78 is 0. The first-order valence-corrected chi connectivity index (χ1v) is 6.89. The molecule has 0 spiro atoms. The van der Waals surface area contributed by atoms with E-state index in [0.29, 0.717) is 12.6 Å². The van der Waals surface area contributed by atoms with E-state index in [1.54, 1.807) is 0 Å². The van der Waals surface area contributed by atoms with Crippen LogP contribution in [0.15, 0.2) is 18.2 Å². The van der Waals surface area contributed by atoms with Gasteiger partial charge in [-0.05, 0) is 31.9 Å². The highest BCUT2D eigenvalue weighted by molar-refractivity contribution is 5.81. The number of para-hydroxylation sites is 1. The van der Waals surface area contributed by atoms with Crippen molar-refractivity contribution in [1.82, 2.24) is 10.2 Å². The third-order valence-electron chi connectivity index (χ3n) is 3.62. The molecule has 0 radical (unpaired) electrons. The Bertz CT molecular complexity index is 438. The average molecular weight is 261 g/mol. The maximum atomic E-state index is 12.2. The molecular weight excluding hydrogens is 238 g/mol. The highest BCUT2D eigenvalue weighted by atomic mass is 16.2. The Hall–Kier alpha value is -1.55. The third kappa shape index (κ3) is 3.47. The van der Waals surface area contributed by atoms with E-state index in [4.69, 9.17) is 0 Å². The Morgan fingerprint density at radius 3 is 2.74 bits per heavy atom. The summed E-state index contributed by atoms with van der Waals surface area (Å²) in [5.74, 6) is 0.177. The fraction of sp³-hybridized carbons (Fsp3) is 0.533.